The first kappa shape index (κ1) is 11.9. The predicted molar refractivity (Wildman–Crippen MR) is 67.8 cm³/mol. The van der Waals surface area contributed by atoms with Crippen molar-refractivity contribution in [1.82, 2.24) is 10.2 Å². The van der Waals surface area contributed by atoms with Gasteiger partial charge in [0.15, 0.2) is 0 Å². The van der Waals surface area contributed by atoms with E-state index < -0.39 is 6.04 Å². The number of nitrogens with zero attached hydrogens (tertiary/aromatic N) is 1. The largest absolute Gasteiger partial charge is 0.322 e. The highest BCUT2D eigenvalue weighted by Crippen LogP contribution is 2.29. The Bertz CT molecular complexity index is 557. The molecular weight excluding hydrogens is 244 g/mol. The van der Waals surface area contributed by atoms with E-state index in [0.29, 0.717) is 18.5 Å². The van der Waals surface area contributed by atoms with Gasteiger partial charge in [0.2, 0.25) is 11.8 Å². The number of fused-ring (bicyclic) bond motifs is 1. The zero-order chi connectivity index (χ0) is 13.4. The summed E-state index contributed by atoms with van der Waals surface area (Å²) in [6.07, 6.45) is 9.16. The van der Waals surface area contributed by atoms with Crippen molar-refractivity contribution in [2.45, 2.75) is 25.3 Å². The molecule has 0 aromatic rings. The molecule has 2 saturated heterocycles. The predicted octanol–water partition coefficient (Wildman–Crippen LogP) is 0.446. The minimum atomic E-state index is -0.525. The molecule has 1 aliphatic carbocycles. The Hall–Kier alpha value is -2.17. The van der Waals surface area contributed by atoms with Crippen LogP contribution in [-0.2, 0) is 14.4 Å². The highest BCUT2D eigenvalue weighted by molar-refractivity contribution is 6.07. The van der Waals surface area contributed by atoms with Crippen LogP contribution in [0.5, 0.6) is 0 Å². The molecule has 3 amide bonds. The number of carbonyl (C=O) groups excluding carboxylic acids is 3. The summed E-state index contributed by atoms with van der Waals surface area (Å²) in [5, 5.41) is 2.30. The molecule has 98 valence electrons. The van der Waals surface area contributed by atoms with Crippen LogP contribution in [-0.4, -0.2) is 35.2 Å². The molecule has 2 aliphatic heterocycles. The molecule has 0 aromatic heterocycles. The van der Waals surface area contributed by atoms with E-state index in [1.165, 1.54) is 0 Å². The van der Waals surface area contributed by atoms with Gasteiger partial charge in [-0.3, -0.25) is 19.7 Å². The lowest BCUT2D eigenvalue weighted by Crippen LogP contribution is -2.52. The number of imide groups is 1. The summed E-state index contributed by atoms with van der Waals surface area (Å²) < 4.78 is 0. The minimum absolute atomic E-state index is 0.118. The number of rotatable bonds is 1. The SMILES string of the molecule is O=C1CCC(N2CC3=CCC=CC=C3C2=O)C(=O)N1. The number of nitrogens with one attached hydrogen (secondary N) is 1. The van der Waals surface area contributed by atoms with Crippen molar-refractivity contribution >= 4 is 17.7 Å². The fourth-order valence-electron chi connectivity index (χ4n) is 2.67. The molecule has 1 atom stereocenters. The van der Waals surface area contributed by atoms with E-state index in [9.17, 15) is 14.4 Å². The summed E-state index contributed by atoms with van der Waals surface area (Å²) in [7, 11) is 0. The van der Waals surface area contributed by atoms with Crippen molar-refractivity contribution in [2.24, 2.45) is 0 Å². The first-order valence-electron chi connectivity index (χ1n) is 6.37. The summed E-state index contributed by atoms with van der Waals surface area (Å²) in [5.41, 5.74) is 1.64. The molecule has 1 unspecified atom stereocenters. The maximum Gasteiger partial charge on any atom is 0.255 e. The number of carbonyl (C=O) groups is 3. The standard InChI is InChI=1S/C14H14N2O3/c17-12-7-6-11(13(18)15-12)16-8-9-4-2-1-3-5-10(9)14(16)19/h1,3-5,11H,2,6-8H2,(H,15,17,18). The summed E-state index contributed by atoms with van der Waals surface area (Å²) in [6.45, 7) is 0.457. The minimum Gasteiger partial charge on any atom is -0.322 e. The van der Waals surface area contributed by atoms with Crippen molar-refractivity contribution in [3.8, 4) is 0 Å². The van der Waals surface area contributed by atoms with Crippen molar-refractivity contribution < 1.29 is 14.4 Å². The van der Waals surface area contributed by atoms with Gasteiger partial charge in [-0.15, -0.1) is 0 Å². The molecule has 2 fully saturated rings. The third-order valence-corrected chi connectivity index (χ3v) is 3.66. The Balaban J connectivity index is 1.86. The highest BCUT2D eigenvalue weighted by atomic mass is 16.2. The van der Waals surface area contributed by atoms with E-state index in [0.717, 1.165) is 12.0 Å². The number of hydrogen-bond acceptors (Lipinski definition) is 3. The molecule has 0 saturated carbocycles. The molecule has 5 heteroatoms. The average molecular weight is 258 g/mol. The van der Waals surface area contributed by atoms with Crippen LogP contribution in [0.15, 0.2) is 35.5 Å². The van der Waals surface area contributed by atoms with E-state index in [4.69, 9.17) is 0 Å². The lowest BCUT2D eigenvalue weighted by atomic mass is 10.0. The Kier molecular flexibility index (Phi) is 2.81. The number of amides is 3. The topological polar surface area (TPSA) is 66.5 Å². The quantitative estimate of drug-likeness (QED) is 0.694. The summed E-state index contributed by atoms with van der Waals surface area (Å²) in [4.78, 5) is 36.9. The second-order valence-electron chi connectivity index (χ2n) is 4.87. The van der Waals surface area contributed by atoms with E-state index >= 15 is 0 Å². The molecule has 1 N–H and O–H groups in total. The molecule has 5 nitrogen and oxygen atoms in total. The van der Waals surface area contributed by atoms with E-state index in [1.54, 1.807) is 11.0 Å². The van der Waals surface area contributed by atoms with E-state index in [-0.39, 0.29) is 24.1 Å². The van der Waals surface area contributed by atoms with Gasteiger partial charge in [0.1, 0.15) is 6.04 Å². The zero-order valence-corrected chi connectivity index (χ0v) is 10.4. The monoisotopic (exact) mass is 258 g/mol. The van der Waals surface area contributed by atoms with Crippen LogP contribution >= 0.6 is 0 Å². The van der Waals surface area contributed by atoms with Gasteiger partial charge < -0.3 is 4.90 Å². The Morgan fingerprint density at radius 3 is 2.89 bits per heavy atom. The Labute approximate surface area is 110 Å². The molecule has 0 aromatic carbocycles. The van der Waals surface area contributed by atoms with Gasteiger partial charge in [0, 0.05) is 18.5 Å². The number of hydrogen-bond donors (Lipinski definition) is 1. The van der Waals surface area contributed by atoms with Gasteiger partial charge in [-0.1, -0.05) is 18.2 Å². The molecular formula is C14H14N2O3. The van der Waals surface area contributed by atoms with Crippen molar-refractivity contribution in [1.29, 1.82) is 0 Å². The van der Waals surface area contributed by atoms with Gasteiger partial charge in [-0.05, 0) is 24.5 Å². The van der Waals surface area contributed by atoms with Gasteiger partial charge in [-0.25, -0.2) is 0 Å². The second-order valence-corrected chi connectivity index (χ2v) is 4.87. The summed E-state index contributed by atoms with van der Waals surface area (Å²) >= 11 is 0. The van der Waals surface area contributed by atoms with Gasteiger partial charge >= 0.3 is 0 Å². The van der Waals surface area contributed by atoms with Crippen LogP contribution < -0.4 is 5.32 Å². The van der Waals surface area contributed by atoms with E-state index in [2.05, 4.69) is 5.32 Å². The second kappa shape index (κ2) is 4.50. The summed E-state index contributed by atoms with van der Waals surface area (Å²) in [6, 6.07) is -0.525. The third kappa shape index (κ3) is 2.01. The van der Waals surface area contributed by atoms with Crippen molar-refractivity contribution in [2.75, 3.05) is 6.54 Å². The van der Waals surface area contributed by atoms with E-state index in [1.807, 2.05) is 18.2 Å². The maximum absolute atomic E-state index is 12.3. The molecule has 0 bridgehead atoms. The fourth-order valence-corrected chi connectivity index (χ4v) is 2.67. The number of likely N-dealkylation sites (tertiary alicyclic amines) is 1. The fraction of sp³-hybridized carbons (Fsp3) is 0.357. The molecule has 2 heterocycles. The first-order valence-corrected chi connectivity index (χ1v) is 6.37. The lowest BCUT2D eigenvalue weighted by molar-refractivity contribution is -0.142. The smallest absolute Gasteiger partial charge is 0.255 e. The van der Waals surface area contributed by atoms with Crippen LogP contribution in [0.3, 0.4) is 0 Å². The highest BCUT2D eigenvalue weighted by Gasteiger charge is 2.40. The molecule has 3 rings (SSSR count). The molecule has 0 radical (unpaired) electrons. The van der Waals surface area contributed by atoms with Crippen LogP contribution in [0.25, 0.3) is 0 Å². The zero-order valence-electron chi connectivity index (χ0n) is 10.4. The van der Waals surface area contributed by atoms with Gasteiger partial charge in [0.05, 0.1) is 0 Å². The third-order valence-electron chi connectivity index (χ3n) is 3.66. The molecule has 19 heavy (non-hydrogen) atoms. The number of allylic oxidation sites excluding steroid dienone is 4. The Morgan fingerprint density at radius 1 is 1.26 bits per heavy atom. The Morgan fingerprint density at radius 2 is 2.11 bits per heavy atom. The van der Waals surface area contributed by atoms with Crippen LogP contribution in [0.2, 0.25) is 0 Å². The van der Waals surface area contributed by atoms with Crippen LogP contribution in [0.1, 0.15) is 19.3 Å². The summed E-state index contributed by atoms with van der Waals surface area (Å²) in [5.74, 6) is -0.742. The van der Waals surface area contributed by atoms with Crippen LogP contribution in [0, 0.1) is 0 Å². The maximum atomic E-state index is 12.3. The lowest BCUT2D eigenvalue weighted by Gasteiger charge is -2.28. The van der Waals surface area contributed by atoms with Crippen molar-refractivity contribution in [3.05, 3.63) is 35.5 Å². The molecule has 3 aliphatic rings. The number of piperidine rings is 1. The normalized spacial score (nSPS) is 26.6. The van der Waals surface area contributed by atoms with Gasteiger partial charge in [0.25, 0.3) is 5.91 Å². The average Bonchev–Trinajstić information content (AvgIpc) is 2.57. The molecule has 0 spiro atoms. The first-order chi connectivity index (χ1) is 9.16. The van der Waals surface area contributed by atoms with Crippen LogP contribution in [0.4, 0.5) is 0 Å². The van der Waals surface area contributed by atoms with Gasteiger partial charge in [-0.2, -0.15) is 0 Å². The van der Waals surface area contributed by atoms with Crippen molar-refractivity contribution in [3.63, 3.8) is 0 Å².